The summed E-state index contributed by atoms with van der Waals surface area (Å²) in [5, 5.41) is 13.0. The first-order chi connectivity index (χ1) is 9.13. The zero-order valence-electron chi connectivity index (χ0n) is 10.5. The number of hydrogen-bond donors (Lipinski definition) is 2. The van der Waals surface area contributed by atoms with Gasteiger partial charge in [0.05, 0.1) is 15.6 Å². The monoisotopic (exact) mass is 301 g/mol. The fraction of sp³-hybridized carbons (Fsp3) is 0.500. The van der Waals surface area contributed by atoms with Crippen molar-refractivity contribution in [2.24, 2.45) is 5.92 Å². The Morgan fingerprint density at radius 2 is 2.05 bits per heavy atom. The second kappa shape index (κ2) is 6.60. The van der Waals surface area contributed by atoms with Crippen LogP contribution in [0.1, 0.15) is 36.0 Å². The molecule has 2 N–H and O–H groups in total. The van der Waals surface area contributed by atoms with E-state index in [2.05, 4.69) is 5.32 Å². The number of hydrogen-bond acceptors (Lipinski definition) is 2. The zero-order valence-corrected chi connectivity index (χ0v) is 12.0. The van der Waals surface area contributed by atoms with Gasteiger partial charge in [-0.1, -0.05) is 42.1 Å². The molecule has 1 saturated carbocycles. The lowest BCUT2D eigenvalue weighted by Gasteiger charge is -2.31. The van der Waals surface area contributed by atoms with Gasteiger partial charge in [-0.05, 0) is 25.0 Å². The van der Waals surface area contributed by atoms with E-state index in [-0.39, 0.29) is 29.5 Å². The summed E-state index contributed by atoms with van der Waals surface area (Å²) in [6, 6.07) is 5.02. The normalized spacial score (nSPS) is 23.1. The molecular formula is C14H17Cl2NO2. The summed E-state index contributed by atoms with van der Waals surface area (Å²) in [7, 11) is 0. The Morgan fingerprint density at radius 1 is 1.32 bits per heavy atom. The molecule has 0 aliphatic heterocycles. The molecule has 0 bridgehead atoms. The number of aliphatic hydroxyl groups excluding tert-OH is 1. The van der Waals surface area contributed by atoms with E-state index in [4.69, 9.17) is 23.2 Å². The first-order valence-electron chi connectivity index (χ1n) is 6.49. The van der Waals surface area contributed by atoms with Crippen LogP contribution in [0.2, 0.25) is 10.0 Å². The summed E-state index contributed by atoms with van der Waals surface area (Å²) in [6.07, 6.45) is 4.03. The molecule has 1 aliphatic rings. The molecule has 5 heteroatoms. The maximum absolute atomic E-state index is 12.2. The minimum absolute atomic E-state index is 0.0151. The Kier molecular flexibility index (Phi) is 5.08. The number of amides is 1. The third kappa shape index (κ3) is 3.41. The highest BCUT2D eigenvalue weighted by atomic mass is 35.5. The topological polar surface area (TPSA) is 49.3 Å². The van der Waals surface area contributed by atoms with E-state index in [1.54, 1.807) is 18.2 Å². The van der Waals surface area contributed by atoms with Crippen LogP contribution in [0.15, 0.2) is 18.2 Å². The van der Waals surface area contributed by atoms with Gasteiger partial charge in [-0.2, -0.15) is 0 Å². The number of rotatable bonds is 3. The van der Waals surface area contributed by atoms with Crippen molar-refractivity contribution in [3.8, 4) is 0 Å². The van der Waals surface area contributed by atoms with Gasteiger partial charge in [0.1, 0.15) is 0 Å². The van der Waals surface area contributed by atoms with Crippen molar-refractivity contribution < 1.29 is 9.90 Å². The van der Waals surface area contributed by atoms with Gasteiger partial charge in [0.2, 0.25) is 0 Å². The molecule has 2 atom stereocenters. The van der Waals surface area contributed by atoms with Crippen LogP contribution < -0.4 is 5.32 Å². The molecule has 2 rings (SSSR count). The van der Waals surface area contributed by atoms with Gasteiger partial charge in [-0.15, -0.1) is 0 Å². The molecule has 1 aliphatic carbocycles. The van der Waals surface area contributed by atoms with Gasteiger partial charge in [-0.3, -0.25) is 4.79 Å². The highest BCUT2D eigenvalue weighted by molar-refractivity contribution is 6.43. The van der Waals surface area contributed by atoms with Crippen LogP contribution in [0.25, 0.3) is 0 Å². The van der Waals surface area contributed by atoms with Crippen molar-refractivity contribution in [2.45, 2.75) is 31.7 Å². The number of nitrogens with one attached hydrogen (secondary N) is 1. The van der Waals surface area contributed by atoms with E-state index in [0.29, 0.717) is 10.6 Å². The van der Waals surface area contributed by atoms with Gasteiger partial charge < -0.3 is 10.4 Å². The molecule has 0 saturated heterocycles. The van der Waals surface area contributed by atoms with Crippen LogP contribution in [0.3, 0.4) is 0 Å². The van der Waals surface area contributed by atoms with Crippen LogP contribution >= 0.6 is 23.2 Å². The van der Waals surface area contributed by atoms with E-state index in [9.17, 15) is 9.90 Å². The minimum atomic E-state index is -0.224. The van der Waals surface area contributed by atoms with Gasteiger partial charge in [0, 0.05) is 18.6 Å². The SMILES string of the molecule is O=C(NC1CCCCC1CO)c1cccc(Cl)c1Cl. The summed E-state index contributed by atoms with van der Waals surface area (Å²) in [4.78, 5) is 12.2. The number of halogens is 2. The third-order valence-electron chi connectivity index (χ3n) is 3.66. The number of aliphatic hydroxyl groups is 1. The molecule has 104 valence electrons. The molecule has 1 aromatic rings. The third-order valence-corrected chi connectivity index (χ3v) is 4.48. The Balaban J connectivity index is 2.09. The maximum atomic E-state index is 12.2. The van der Waals surface area contributed by atoms with Crippen LogP contribution in [-0.4, -0.2) is 23.7 Å². The predicted octanol–water partition coefficient (Wildman–Crippen LogP) is 3.27. The smallest absolute Gasteiger partial charge is 0.253 e. The first kappa shape index (κ1) is 14.6. The van der Waals surface area contributed by atoms with E-state index in [1.807, 2.05) is 0 Å². The lowest BCUT2D eigenvalue weighted by molar-refractivity contribution is 0.0873. The molecule has 0 spiro atoms. The fourth-order valence-corrected chi connectivity index (χ4v) is 2.93. The largest absolute Gasteiger partial charge is 0.396 e. The van der Waals surface area contributed by atoms with Crippen molar-refractivity contribution >= 4 is 29.1 Å². The van der Waals surface area contributed by atoms with E-state index < -0.39 is 0 Å². The Morgan fingerprint density at radius 3 is 2.79 bits per heavy atom. The van der Waals surface area contributed by atoms with Gasteiger partial charge in [0.25, 0.3) is 5.91 Å². The lowest BCUT2D eigenvalue weighted by atomic mass is 9.85. The van der Waals surface area contributed by atoms with Crippen molar-refractivity contribution in [3.05, 3.63) is 33.8 Å². The van der Waals surface area contributed by atoms with Gasteiger partial charge in [-0.25, -0.2) is 0 Å². The molecule has 1 amide bonds. The fourth-order valence-electron chi connectivity index (χ4n) is 2.54. The molecule has 3 nitrogen and oxygen atoms in total. The molecule has 19 heavy (non-hydrogen) atoms. The summed E-state index contributed by atoms with van der Waals surface area (Å²) in [5.74, 6) is -0.0893. The van der Waals surface area contributed by atoms with E-state index >= 15 is 0 Å². The molecular weight excluding hydrogens is 285 g/mol. The second-order valence-corrected chi connectivity index (χ2v) is 5.69. The van der Waals surface area contributed by atoms with Crippen molar-refractivity contribution in [1.82, 2.24) is 5.32 Å². The van der Waals surface area contributed by atoms with Crippen LogP contribution in [0.4, 0.5) is 0 Å². The van der Waals surface area contributed by atoms with E-state index in [1.165, 1.54) is 0 Å². The van der Waals surface area contributed by atoms with Crippen molar-refractivity contribution in [2.75, 3.05) is 6.61 Å². The Hall–Kier alpha value is -0.770. The van der Waals surface area contributed by atoms with E-state index in [0.717, 1.165) is 25.7 Å². The number of benzene rings is 1. The average Bonchev–Trinajstić information content (AvgIpc) is 2.42. The quantitative estimate of drug-likeness (QED) is 0.900. The van der Waals surface area contributed by atoms with Crippen LogP contribution in [0, 0.1) is 5.92 Å². The standard InChI is InChI=1S/C14H17Cl2NO2/c15-11-6-3-5-10(13(11)16)14(19)17-12-7-2-1-4-9(12)8-18/h3,5-6,9,12,18H,1-2,4,7-8H2,(H,17,19). The first-order valence-corrected chi connectivity index (χ1v) is 7.25. The number of carbonyl (C=O) groups is 1. The second-order valence-electron chi connectivity index (χ2n) is 4.91. The van der Waals surface area contributed by atoms with Crippen LogP contribution in [0.5, 0.6) is 0 Å². The summed E-state index contributed by atoms with van der Waals surface area (Å²) < 4.78 is 0. The van der Waals surface area contributed by atoms with Gasteiger partial charge >= 0.3 is 0 Å². The highest BCUT2D eigenvalue weighted by Gasteiger charge is 2.26. The number of carbonyl (C=O) groups excluding carboxylic acids is 1. The summed E-state index contributed by atoms with van der Waals surface area (Å²) in [5.41, 5.74) is 0.386. The average molecular weight is 302 g/mol. The molecule has 0 heterocycles. The Bertz CT molecular complexity index is 465. The maximum Gasteiger partial charge on any atom is 0.253 e. The summed E-state index contributed by atoms with van der Waals surface area (Å²) >= 11 is 11.9. The van der Waals surface area contributed by atoms with Crippen LogP contribution in [-0.2, 0) is 0 Å². The zero-order chi connectivity index (χ0) is 13.8. The molecule has 2 unspecified atom stereocenters. The highest BCUT2D eigenvalue weighted by Crippen LogP contribution is 2.27. The lowest BCUT2D eigenvalue weighted by Crippen LogP contribution is -2.43. The minimum Gasteiger partial charge on any atom is -0.396 e. The summed E-state index contributed by atoms with van der Waals surface area (Å²) in [6.45, 7) is 0.105. The van der Waals surface area contributed by atoms with Gasteiger partial charge in [0.15, 0.2) is 0 Å². The molecule has 0 aromatic heterocycles. The van der Waals surface area contributed by atoms with Crippen molar-refractivity contribution in [3.63, 3.8) is 0 Å². The molecule has 1 aromatic carbocycles. The molecule has 0 radical (unpaired) electrons. The molecule has 1 fully saturated rings. The Labute approximate surface area is 122 Å². The van der Waals surface area contributed by atoms with Crippen molar-refractivity contribution in [1.29, 1.82) is 0 Å². The predicted molar refractivity (Wildman–Crippen MR) is 76.8 cm³/mol.